The van der Waals surface area contributed by atoms with Crippen molar-refractivity contribution in [3.63, 3.8) is 0 Å². The lowest BCUT2D eigenvalue weighted by Crippen LogP contribution is -2.39. The van der Waals surface area contributed by atoms with Gasteiger partial charge in [0.1, 0.15) is 0 Å². The second-order valence-electron chi connectivity index (χ2n) is 3.30. The highest BCUT2D eigenvalue weighted by atomic mass is 16.7. The molecule has 0 aromatic heterocycles. The van der Waals surface area contributed by atoms with Crippen molar-refractivity contribution in [3.8, 4) is 0 Å². The summed E-state index contributed by atoms with van der Waals surface area (Å²) in [5, 5.41) is 0. The van der Waals surface area contributed by atoms with Crippen LogP contribution in [0.5, 0.6) is 0 Å². The highest BCUT2D eigenvalue weighted by molar-refractivity contribution is 5.17. The summed E-state index contributed by atoms with van der Waals surface area (Å²) in [6.07, 6.45) is 6.87. The van der Waals surface area contributed by atoms with Crippen molar-refractivity contribution in [1.29, 1.82) is 0 Å². The molecule has 0 aromatic carbocycles. The highest BCUT2D eigenvalue weighted by Gasteiger charge is 2.52. The molecule has 0 spiro atoms. The molecule has 0 aromatic rings. The van der Waals surface area contributed by atoms with Crippen molar-refractivity contribution >= 4 is 0 Å². The van der Waals surface area contributed by atoms with Crippen LogP contribution in [0.4, 0.5) is 0 Å². The van der Waals surface area contributed by atoms with Gasteiger partial charge in [-0.3, -0.25) is 0 Å². The van der Waals surface area contributed by atoms with E-state index in [0.717, 1.165) is 0 Å². The number of ether oxygens (including phenoxy) is 2. The van der Waals surface area contributed by atoms with Crippen LogP contribution < -0.4 is 0 Å². The van der Waals surface area contributed by atoms with Crippen LogP contribution in [-0.2, 0) is 9.47 Å². The maximum atomic E-state index is 5.45. The molecule has 2 aliphatic carbocycles. The molecular formula is C9H14O2. The second kappa shape index (κ2) is 2.32. The molecular weight excluding hydrogens is 140 g/mol. The maximum absolute atomic E-state index is 5.45. The van der Waals surface area contributed by atoms with E-state index in [9.17, 15) is 0 Å². The Morgan fingerprint density at radius 1 is 1.09 bits per heavy atom. The SMILES string of the molecule is COC1(OC)[C@@H]2C=C[C@H]1CC2. The molecule has 2 bridgehead atoms. The smallest absolute Gasteiger partial charge is 0.180 e. The fourth-order valence-corrected chi connectivity index (χ4v) is 2.45. The molecule has 0 N–H and O–H groups in total. The molecule has 62 valence electrons. The molecule has 2 aliphatic rings. The van der Waals surface area contributed by atoms with Crippen LogP contribution in [0.15, 0.2) is 12.2 Å². The number of fused-ring (bicyclic) bond motifs is 2. The largest absolute Gasteiger partial charge is 0.352 e. The van der Waals surface area contributed by atoms with Gasteiger partial charge in [0.2, 0.25) is 0 Å². The van der Waals surface area contributed by atoms with Crippen molar-refractivity contribution in [3.05, 3.63) is 12.2 Å². The molecule has 2 rings (SSSR count). The topological polar surface area (TPSA) is 18.5 Å². The first kappa shape index (κ1) is 7.32. The van der Waals surface area contributed by atoms with Gasteiger partial charge in [0, 0.05) is 26.1 Å². The Morgan fingerprint density at radius 3 is 1.73 bits per heavy atom. The Kier molecular flexibility index (Phi) is 1.55. The van der Waals surface area contributed by atoms with Gasteiger partial charge in [-0.15, -0.1) is 0 Å². The molecule has 0 aliphatic heterocycles. The number of hydrogen-bond donors (Lipinski definition) is 0. The van der Waals surface area contributed by atoms with Crippen LogP contribution in [0.2, 0.25) is 0 Å². The third-order valence-corrected chi connectivity index (χ3v) is 3.04. The minimum atomic E-state index is -0.306. The summed E-state index contributed by atoms with van der Waals surface area (Å²) in [6, 6.07) is 0. The first-order valence-corrected chi connectivity index (χ1v) is 4.12. The summed E-state index contributed by atoms with van der Waals surface area (Å²) >= 11 is 0. The molecule has 0 amide bonds. The van der Waals surface area contributed by atoms with E-state index in [2.05, 4.69) is 12.2 Å². The van der Waals surface area contributed by atoms with Crippen LogP contribution in [0.25, 0.3) is 0 Å². The molecule has 1 saturated carbocycles. The molecule has 0 heterocycles. The van der Waals surface area contributed by atoms with E-state index < -0.39 is 0 Å². The minimum absolute atomic E-state index is 0.306. The lowest BCUT2D eigenvalue weighted by atomic mass is 10.0. The summed E-state index contributed by atoms with van der Waals surface area (Å²) in [5.74, 6) is 0.671. The van der Waals surface area contributed by atoms with Gasteiger partial charge in [-0.05, 0) is 12.8 Å². The molecule has 2 atom stereocenters. The predicted molar refractivity (Wildman–Crippen MR) is 42.1 cm³/mol. The normalized spacial score (nSPS) is 38.4. The van der Waals surface area contributed by atoms with E-state index in [1.165, 1.54) is 12.8 Å². The maximum Gasteiger partial charge on any atom is 0.180 e. The van der Waals surface area contributed by atoms with Crippen molar-refractivity contribution < 1.29 is 9.47 Å². The van der Waals surface area contributed by atoms with Gasteiger partial charge in [0.15, 0.2) is 5.79 Å². The van der Waals surface area contributed by atoms with Gasteiger partial charge in [-0.25, -0.2) is 0 Å². The van der Waals surface area contributed by atoms with E-state index in [0.29, 0.717) is 11.8 Å². The van der Waals surface area contributed by atoms with Gasteiger partial charge in [0.25, 0.3) is 0 Å². The third-order valence-electron chi connectivity index (χ3n) is 3.04. The standard InChI is InChI=1S/C9H14O2/c1-10-9(11-2)7-3-4-8(9)6-5-7/h3-4,7-8H,5-6H2,1-2H3/t7-,8+. The number of methoxy groups -OCH3 is 2. The van der Waals surface area contributed by atoms with E-state index in [1.54, 1.807) is 14.2 Å². The fourth-order valence-electron chi connectivity index (χ4n) is 2.45. The van der Waals surface area contributed by atoms with Crippen LogP contribution in [0, 0.1) is 11.8 Å². The molecule has 0 saturated heterocycles. The van der Waals surface area contributed by atoms with Crippen LogP contribution >= 0.6 is 0 Å². The van der Waals surface area contributed by atoms with Gasteiger partial charge >= 0.3 is 0 Å². The molecule has 2 nitrogen and oxygen atoms in total. The molecule has 0 radical (unpaired) electrons. The molecule has 2 heteroatoms. The Morgan fingerprint density at radius 2 is 1.55 bits per heavy atom. The summed E-state index contributed by atoms with van der Waals surface area (Å²) in [4.78, 5) is 0. The van der Waals surface area contributed by atoms with E-state index in [1.807, 2.05) is 0 Å². The van der Waals surface area contributed by atoms with Gasteiger partial charge in [0.05, 0.1) is 0 Å². The highest BCUT2D eigenvalue weighted by Crippen LogP contribution is 2.49. The lowest BCUT2D eigenvalue weighted by molar-refractivity contribution is -0.229. The average Bonchev–Trinajstić information content (AvgIpc) is 2.59. The van der Waals surface area contributed by atoms with Gasteiger partial charge in [-0.2, -0.15) is 0 Å². The monoisotopic (exact) mass is 154 g/mol. The average molecular weight is 154 g/mol. The molecule has 0 unspecified atom stereocenters. The van der Waals surface area contributed by atoms with E-state index >= 15 is 0 Å². The summed E-state index contributed by atoms with van der Waals surface area (Å²) in [6.45, 7) is 0. The van der Waals surface area contributed by atoms with Crippen molar-refractivity contribution in [1.82, 2.24) is 0 Å². The lowest BCUT2D eigenvalue weighted by Gasteiger charge is -2.31. The Bertz CT molecular complexity index is 166. The summed E-state index contributed by atoms with van der Waals surface area (Å²) in [5.41, 5.74) is 0. The molecule has 11 heavy (non-hydrogen) atoms. The molecule has 1 fully saturated rings. The number of rotatable bonds is 2. The Labute approximate surface area is 67.2 Å². The number of hydrogen-bond acceptors (Lipinski definition) is 2. The van der Waals surface area contributed by atoms with Crippen LogP contribution in [0.3, 0.4) is 0 Å². The summed E-state index contributed by atoms with van der Waals surface area (Å²) < 4.78 is 10.9. The van der Waals surface area contributed by atoms with Crippen LogP contribution in [0.1, 0.15) is 12.8 Å². The van der Waals surface area contributed by atoms with Crippen molar-refractivity contribution in [2.24, 2.45) is 11.8 Å². The summed E-state index contributed by atoms with van der Waals surface area (Å²) in [7, 11) is 3.48. The Balaban J connectivity index is 2.27. The Hall–Kier alpha value is -0.340. The second-order valence-corrected chi connectivity index (χ2v) is 3.30. The van der Waals surface area contributed by atoms with Crippen LogP contribution in [-0.4, -0.2) is 20.0 Å². The van der Waals surface area contributed by atoms with E-state index in [-0.39, 0.29) is 5.79 Å². The minimum Gasteiger partial charge on any atom is -0.352 e. The zero-order chi connectivity index (χ0) is 7.90. The third kappa shape index (κ3) is 0.741. The zero-order valence-corrected chi connectivity index (χ0v) is 7.04. The van der Waals surface area contributed by atoms with Gasteiger partial charge in [-0.1, -0.05) is 12.2 Å². The quantitative estimate of drug-likeness (QED) is 0.444. The zero-order valence-electron chi connectivity index (χ0n) is 7.04. The van der Waals surface area contributed by atoms with E-state index in [4.69, 9.17) is 9.47 Å². The fraction of sp³-hybridized carbons (Fsp3) is 0.778. The first-order chi connectivity index (χ1) is 5.33. The predicted octanol–water partition coefficient (Wildman–Crippen LogP) is 1.57. The van der Waals surface area contributed by atoms with Crippen molar-refractivity contribution in [2.45, 2.75) is 18.6 Å². The first-order valence-electron chi connectivity index (χ1n) is 4.12. The van der Waals surface area contributed by atoms with Crippen molar-refractivity contribution in [2.75, 3.05) is 14.2 Å². The van der Waals surface area contributed by atoms with Gasteiger partial charge < -0.3 is 9.47 Å².